The second-order valence-corrected chi connectivity index (χ2v) is 8.84. The first-order valence-corrected chi connectivity index (χ1v) is 11.7. The molecule has 0 saturated carbocycles. The number of hydrogen-bond acceptors (Lipinski definition) is 6. The van der Waals surface area contributed by atoms with Gasteiger partial charge >= 0.3 is 5.97 Å². The molecule has 0 heterocycles. The maximum absolute atomic E-state index is 12.8. The Morgan fingerprint density at radius 3 is 2.51 bits per heavy atom. The van der Waals surface area contributed by atoms with Crippen LogP contribution in [-0.4, -0.2) is 16.8 Å². The van der Waals surface area contributed by atoms with Crippen molar-refractivity contribution < 1.29 is 19.2 Å². The second-order valence-electron chi connectivity index (χ2n) is 7.99. The molecule has 4 rings (SSSR count). The summed E-state index contributed by atoms with van der Waals surface area (Å²) in [5.74, 6) is -0.905. The summed E-state index contributed by atoms with van der Waals surface area (Å²) in [4.78, 5) is 35.9. The molecule has 0 unspecified atom stereocenters. The highest BCUT2D eigenvalue weighted by molar-refractivity contribution is 9.10. The van der Waals surface area contributed by atoms with E-state index in [1.807, 2.05) is 36.4 Å². The summed E-state index contributed by atoms with van der Waals surface area (Å²) in [5.41, 5.74) is 1.51. The van der Waals surface area contributed by atoms with E-state index in [-0.39, 0.29) is 17.0 Å². The predicted octanol–water partition coefficient (Wildman–Crippen LogP) is 6.58. The lowest BCUT2D eigenvalue weighted by atomic mass is 10.0. The minimum absolute atomic E-state index is 0.0994. The van der Waals surface area contributed by atoms with Crippen LogP contribution in [0.15, 0.2) is 88.9 Å². The van der Waals surface area contributed by atoms with Gasteiger partial charge in [-0.1, -0.05) is 42.5 Å². The molecule has 37 heavy (non-hydrogen) atoms. The van der Waals surface area contributed by atoms with Gasteiger partial charge in [0, 0.05) is 17.8 Å². The standard InChI is InChI=1S/C28H18BrN3O5/c1-17-13-21(32(35)36)10-11-25(17)31-27(33)20(16-30)14-18-9-12-26(24(29)15-18)37-28(34)23-8-4-6-19-5-2-3-7-22(19)23/h2-15H,1H3,(H,31,33)/b20-14+. The minimum atomic E-state index is -0.665. The molecule has 182 valence electrons. The molecule has 0 aromatic heterocycles. The number of nitrogens with one attached hydrogen (secondary N) is 1. The molecule has 0 saturated heterocycles. The summed E-state index contributed by atoms with van der Waals surface area (Å²) in [5, 5.41) is 24.7. The number of nitrogens with zero attached hydrogens (tertiary/aromatic N) is 2. The van der Waals surface area contributed by atoms with E-state index in [1.54, 1.807) is 37.3 Å². The van der Waals surface area contributed by atoms with Gasteiger partial charge in [-0.2, -0.15) is 5.26 Å². The van der Waals surface area contributed by atoms with E-state index in [0.29, 0.717) is 26.9 Å². The van der Waals surface area contributed by atoms with Crippen LogP contribution in [0, 0.1) is 28.4 Å². The Labute approximate surface area is 220 Å². The number of benzene rings is 4. The average molecular weight is 556 g/mol. The molecule has 8 nitrogen and oxygen atoms in total. The van der Waals surface area contributed by atoms with E-state index < -0.39 is 16.8 Å². The quantitative estimate of drug-likeness (QED) is 0.0715. The van der Waals surface area contributed by atoms with Crippen LogP contribution < -0.4 is 10.1 Å². The number of rotatable bonds is 6. The fourth-order valence-electron chi connectivity index (χ4n) is 3.65. The normalized spacial score (nSPS) is 11.0. The fraction of sp³-hybridized carbons (Fsp3) is 0.0357. The summed E-state index contributed by atoms with van der Waals surface area (Å²) in [7, 11) is 0. The molecule has 0 fully saturated rings. The third-order valence-electron chi connectivity index (χ3n) is 5.51. The maximum atomic E-state index is 12.8. The molecule has 4 aromatic carbocycles. The Bertz CT molecular complexity index is 1630. The topological polar surface area (TPSA) is 122 Å². The molecule has 0 aliphatic carbocycles. The largest absolute Gasteiger partial charge is 0.422 e. The highest BCUT2D eigenvalue weighted by atomic mass is 79.9. The first-order chi connectivity index (χ1) is 17.8. The van der Waals surface area contributed by atoms with E-state index in [0.717, 1.165) is 10.8 Å². The first kappa shape index (κ1) is 25.3. The number of carbonyl (C=O) groups is 2. The number of ether oxygens (including phenoxy) is 1. The number of nitro benzene ring substituents is 1. The van der Waals surface area contributed by atoms with Crippen LogP contribution >= 0.6 is 15.9 Å². The van der Waals surface area contributed by atoms with Crippen LogP contribution in [0.2, 0.25) is 0 Å². The summed E-state index contributed by atoms with van der Waals surface area (Å²) in [6.45, 7) is 1.62. The third-order valence-corrected chi connectivity index (χ3v) is 6.13. The molecule has 0 aliphatic heterocycles. The van der Waals surface area contributed by atoms with Crippen LogP contribution in [0.25, 0.3) is 16.8 Å². The van der Waals surface area contributed by atoms with Crippen molar-refractivity contribution in [3.63, 3.8) is 0 Å². The van der Waals surface area contributed by atoms with Crippen molar-refractivity contribution >= 4 is 56.0 Å². The highest BCUT2D eigenvalue weighted by Gasteiger charge is 2.16. The van der Waals surface area contributed by atoms with E-state index in [9.17, 15) is 25.0 Å². The van der Waals surface area contributed by atoms with Crippen molar-refractivity contribution in [2.75, 3.05) is 5.32 Å². The molecule has 0 radical (unpaired) electrons. The van der Waals surface area contributed by atoms with E-state index in [2.05, 4.69) is 21.2 Å². The number of hydrogen-bond donors (Lipinski definition) is 1. The van der Waals surface area contributed by atoms with Crippen molar-refractivity contribution in [1.82, 2.24) is 0 Å². The van der Waals surface area contributed by atoms with Gasteiger partial charge in [0.2, 0.25) is 0 Å². The Morgan fingerprint density at radius 2 is 1.81 bits per heavy atom. The fourth-order valence-corrected chi connectivity index (χ4v) is 4.13. The van der Waals surface area contributed by atoms with Gasteiger partial charge in [-0.15, -0.1) is 0 Å². The number of halogens is 1. The molecule has 1 N–H and O–H groups in total. The Morgan fingerprint density at radius 1 is 1.05 bits per heavy atom. The number of aryl methyl sites for hydroxylation is 1. The lowest BCUT2D eigenvalue weighted by Crippen LogP contribution is -2.14. The molecule has 0 bridgehead atoms. The van der Waals surface area contributed by atoms with Crippen LogP contribution in [-0.2, 0) is 4.79 Å². The lowest BCUT2D eigenvalue weighted by Gasteiger charge is -2.10. The Hall–Kier alpha value is -4.81. The zero-order valence-electron chi connectivity index (χ0n) is 19.4. The third kappa shape index (κ3) is 5.72. The number of anilines is 1. The van der Waals surface area contributed by atoms with Gasteiger partial charge in [-0.05, 0) is 75.1 Å². The SMILES string of the molecule is Cc1cc([N+](=O)[O-])ccc1NC(=O)/C(C#N)=C/c1ccc(OC(=O)c2cccc3ccccc23)c(Br)c1. The maximum Gasteiger partial charge on any atom is 0.344 e. The molecule has 0 atom stereocenters. The van der Waals surface area contributed by atoms with Crippen molar-refractivity contribution in [3.05, 3.63) is 116 Å². The summed E-state index contributed by atoms with van der Waals surface area (Å²) in [6.07, 6.45) is 1.39. The number of non-ortho nitro benzene ring substituents is 1. The predicted molar refractivity (Wildman–Crippen MR) is 143 cm³/mol. The van der Waals surface area contributed by atoms with Crippen molar-refractivity contribution in [2.45, 2.75) is 6.92 Å². The first-order valence-electron chi connectivity index (χ1n) is 10.9. The number of carbonyl (C=O) groups excluding carboxylic acids is 2. The Balaban J connectivity index is 1.52. The zero-order valence-corrected chi connectivity index (χ0v) is 21.0. The smallest absolute Gasteiger partial charge is 0.344 e. The van der Waals surface area contributed by atoms with Gasteiger partial charge in [-0.3, -0.25) is 14.9 Å². The summed E-state index contributed by atoms with van der Waals surface area (Å²) in [6, 6.07) is 23.6. The average Bonchev–Trinajstić information content (AvgIpc) is 2.89. The van der Waals surface area contributed by atoms with Gasteiger partial charge in [-0.25, -0.2) is 4.79 Å². The zero-order chi connectivity index (χ0) is 26.5. The molecule has 4 aromatic rings. The number of fused-ring (bicyclic) bond motifs is 1. The van der Waals surface area contributed by atoms with Gasteiger partial charge in [0.05, 0.1) is 15.0 Å². The highest BCUT2D eigenvalue weighted by Crippen LogP contribution is 2.29. The van der Waals surface area contributed by atoms with E-state index in [1.165, 1.54) is 24.3 Å². The van der Waals surface area contributed by atoms with Crippen LogP contribution in [0.1, 0.15) is 21.5 Å². The number of nitro groups is 1. The number of amides is 1. The lowest BCUT2D eigenvalue weighted by molar-refractivity contribution is -0.384. The molecular weight excluding hydrogens is 538 g/mol. The molecule has 1 amide bonds. The van der Waals surface area contributed by atoms with Crippen LogP contribution in [0.3, 0.4) is 0 Å². The summed E-state index contributed by atoms with van der Waals surface area (Å²) >= 11 is 3.38. The molecular formula is C28H18BrN3O5. The monoisotopic (exact) mass is 555 g/mol. The Kier molecular flexibility index (Phi) is 7.41. The van der Waals surface area contributed by atoms with Crippen molar-refractivity contribution in [3.8, 4) is 11.8 Å². The van der Waals surface area contributed by atoms with E-state index >= 15 is 0 Å². The van der Waals surface area contributed by atoms with Crippen LogP contribution in [0.5, 0.6) is 5.75 Å². The van der Waals surface area contributed by atoms with Crippen LogP contribution in [0.4, 0.5) is 11.4 Å². The van der Waals surface area contributed by atoms with Crippen molar-refractivity contribution in [1.29, 1.82) is 5.26 Å². The molecule has 9 heteroatoms. The number of esters is 1. The summed E-state index contributed by atoms with van der Waals surface area (Å²) < 4.78 is 6.05. The van der Waals surface area contributed by atoms with Gasteiger partial charge < -0.3 is 10.1 Å². The van der Waals surface area contributed by atoms with Gasteiger partial charge in [0.25, 0.3) is 11.6 Å². The minimum Gasteiger partial charge on any atom is -0.422 e. The second kappa shape index (κ2) is 10.8. The van der Waals surface area contributed by atoms with Gasteiger partial charge in [0.15, 0.2) is 0 Å². The van der Waals surface area contributed by atoms with Crippen molar-refractivity contribution in [2.24, 2.45) is 0 Å². The van der Waals surface area contributed by atoms with E-state index in [4.69, 9.17) is 4.74 Å². The van der Waals surface area contributed by atoms with Gasteiger partial charge in [0.1, 0.15) is 17.4 Å². The molecule has 0 spiro atoms. The molecule has 0 aliphatic rings. The number of nitriles is 1.